The van der Waals surface area contributed by atoms with Gasteiger partial charge in [0.15, 0.2) is 0 Å². The molecule has 118 valence electrons. The lowest BCUT2D eigenvalue weighted by molar-refractivity contribution is 0.590. The normalized spacial score (nSPS) is 11.6. The van der Waals surface area contributed by atoms with Gasteiger partial charge in [0, 0.05) is 11.9 Å². The standard InChI is InChI=1S/C20H23N3/c1-20(2,3)16-10-8-15(9-11-16)12-13-21-19-17-6-4-5-7-18(17)22-14-23-19/h4-11,14H,12-13H2,1-3H3,(H,21,22,23). The third-order valence-corrected chi connectivity index (χ3v) is 4.07. The zero-order valence-corrected chi connectivity index (χ0v) is 14.0. The fourth-order valence-electron chi connectivity index (χ4n) is 2.64. The summed E-state index contributed by atoms with van der Waals surface area (Å²) in [6.45, 7) is 7.58. The Kier molecular flexibility index (Phi) is 4.28. The first-order valence-electron chi connectivity index (χ1n) is 8.07. The summed E-state index contributed by atoms with van der Waals surface area (Å²) < 4.78 is 0. The molecule has 0 radical (unpaired) electrons. The van der Waals surface area contributed by atoms with Gasteiger partial charge >= 0.3 is 0 Å². The molecule has 1 aromatic heterocycles. The molecule has 0 atom stereocenters. The number of nitrogens with one attached hydrogen (secondary N) is 1. The Bertz CT molecular complexity index is 781. The smallest absolute Gasteiger partial charge is 0.137 e. The Morgan fingerprint density at radius 2 is 1.65 bits per heavy atom. The molecule has 0 saturated heterocycles. The fourth-order valence-corrected chi connectivity index (χ4v) is 2.64. The average molecular weight is 305 g/mol. The van der Waals surface area contributed by atoms with Gasteiger partial charge in [0.2, 0.25) is 0 Å². The number of aromatic nitrogens is 2. The fraction of sp³-hybridized carbons (Fsp3) is 0.300. The van der Waals surface area contributed by atoms with E-state index in [1.165, 1.54) is 11.1 Å². The van der Waals surface area contributed by atoms with Crippen molar-refractivity contribution >= 4 is 16.7 Å². The minimum Gasteiger partial charge on any atom is -0.369 e. The first-order valence-corrected chi connectivity index (χ1v) is 8.07. The van der Waals surface area contributed by atoms with Crippen LogP contribution in [0.1, 0.15) is 31.9 Å². The summed E-state index contributed by atoms with van der Waals surface area (Å²) in [5.74, 6) is 0.905. The van der Waals surface area contributed by atoms with Crippen molar-refractivity contribution in [1.82, 2.24) is 9.97 Å². The zero-order valence-electron chi connectivity index (χ0n) is 14.0. The Balaban J connectivity index is 1.65. The highest BCUT2D eigenvalue weighted by Gasteiger charge is 2.12. The van der Waals surface area contributed by atoms with Crippen LogP contribution in [0.2, 0.25) is 0 Å². The quantitative estimate of drug-likeness (QED) is 0.766. The van der Waals surface area contributed by atoms with Crippen LogP contribution in [0.3, 0.4) is 0 Å². The summed E-state index contributed by atoms with van der Waals surface area (Å²) >= 11 is 0. The predicted molar refractivity (Wildman–Crippen MR) is 96.9 cm³/mol. The molecule has 0 saturated carbocycles. The molecule has 1 heterocycles. The summed E-state index contributed by atoms with van der Waals surface area (Å²) in [6.07, 6.45) is 2.59. The number of hydrogen-bond acceptors (Lipinski definition) is 3. The van der Waals surface area contributed by atoms with Crippen LogP contribution in [0.5, 0.6) is 0 Å². The highest BCUT2D eigenvalue weighted by Crippen LogP contribution is 2.22. The molecule has 0 amide bonds. The number of hydrogen-bond donors (Lipinski definition) is 1. The summed E-state index contributed by atoms with van der Waals surface area (Å²) in [7, 11) is 0. The van der Waals surface area contributed by atoms with Gasteiger partial charge in [0.25, 0.3) is 0 Å². The summed E-state index contributed by atoms with van der Waals surface area (Å²) in [5.41, 5.74) is 3.89. The van der Waals surface area contributed by atoms with Crippen LogP contribution in [0.15, 0.2) is 54.9 Å². The number of nitrogens with zero attached hydrogens (tertiary/aromatic N) is 2. The molecule has 3 aromatic rings. The minimum atomic E-state index is 0.205. The highest BCUT2D eigenvalue weighted by atomic mass is 15.0. The van der Waals surface area contributed by atoms with E-state index in [4.69, 9.17) is 0 Å². The lowest BCUT2D eigenvalue weighted by atomic mass is 9.86. The maximum absolute atomic E-state index is 4.36. The van der Waals surface area contributed by atoms with Crippen molar-refractivity contribution in [2.45, 2.75) is 32.6 Å². The van der Waals surface area contributed by atoms with E-state index in [1.54, 1.807) is 6.33 Å². The minimum absolute atomic E-state index is 0.205. The summed E-state index contributed by atoms with van der Waals surface area (Å²) in [5, 5.41) is 4.50. The van der Waals surface area contributed by atoms with Crippen LogP contribution >= 0.6 is 0 Å². The Morgan fingerprint density at radius 3 is 2.39 bits per heavy atom. The third kappa shape index (κ3) is 3.67. The molecule has 0 unspecified atom stereocenters. The molecular formula is C20H23N3. The average Bonchev–Trinajstić information content (AvgIpc) is 2.55. The van der Waals surface area contributed by atoms with E-state index in [9.17, 15) is 0 Å². The number of benzene rings is 2. The molecule has 3 rings (SSSR count). The molecule has 0 spiro atoms. The van der Waals surface area contributed by atoms with Crippen molar-refractivity contribution in [3.05, 3.63) is 66.0 Å². The maximum atomic E-state index is 4.36. The number of anilines is 1. The largest absolute Gasteiger partial charge is 0.369 e. The molecular weight excluding hydrogens is 282 g/mol. The van der Waals surface area contributed by atoms with Crippen LogP contribution in [-0.4, -0.2) is 16.5 Å². The monoisotopic (exact) mass is 305 g/mol. The van der Waals surface area contributed by atoms with Gasteiger partial charge in [-0.15, -0.1) is 0 Å². The van der Waals surface area contributed by atoms with Crippen LogP contribution in [-0.2, 0) is 11.8 Å². The molecule has 0 bridgehead atoms. The molecule has 23 heavy (non-hydrogen) atoms. The van der Waals surface area contributed by atoms with Crippen molar-refractivity contribution < 1.29 is 0 Å². The van der Waals surface area contributed by atoms with Crippen molar-refractivity contribution in [1.29, 1.82) is 0 Å². The van der Waals surface area contributed by atoms with E-state index in [-0.39, 0.29) is 5.41 Å². The van der Waals surface area contributed by atoms with Gasteiger partial charge in [0.1, 0.15) is 12.1 Å². The van der Waals surface area contributed by atoms with Crippen molar-refractivity contribution in [2.75, 3.05) is 11.9 Å². The van der Waals surface area contributed by atoms with Gasteiger partial charge in [0.05, 0.1) is 5.52 Å². The molecule has 3 nitrogen and oxygen atoms in total. The van der Waals surface area contributed by atoms with Crippen molar-refractivity contribution in [3.8, 4) is 0 Å². The van der Waals surface area contributed by atoms with E-state index < -0.39 is 0 Å². The molecule has 0 aliphatic rings. The second-order valence-corrected chi connectivity index (χ2v) is 6.86. The van der Waals surface area contributed by atoms with E-state index in [0.717, 1.165) is 29.7 Å². The van der Waals surface area contributed by atoms with E-state index >= 15 is 0 Å². The molecule has 0 fully saturated rings. The predicted octanol–water partition coefficient (Wildman–Crippen LogP) is 4.58. The second-order valence-electron chi connectivity index (χ2n) is 6.86. The zero-order chi connectivity index (χ0) is 16.3. The first-order chi connectivity index (χ1) is 11.0. The van der Waals surface area contributed by atoms with Crippen molar-refractivity contribution in [3.63, 3.8) is 0 Å². The van der Waals surface area contributed by atoms with E-state index in [0.29, 0.717) is 0 Å². The topological polar surface area (TPSA) is 37.8 Å². The molecule has 3 heteroatoms. The van der Waals surface area contributed by atoms with Gasteiger partial charge in [-0.1, -0.05) is 57.2 Å². The molecule has 0 aliphatic carbocycles. The SMILES string of the molecule is CC(C)(C)c1ccc(CCNc2ncnc3ccccc23)cc1. The van der Waals surface area contributed by atoms with Gasteiger partial charge in [-0.05, 0) is 35.1 Å². The Hall–Kier alpha value is -2.42. The van der Waals surface area contributed by atoms with E-state index in [2.05, 4.69) is 66.4 Å². The summed E-state index contributed by atoms with van der Waals surface area (Å²) in [6, 6.07) is 17.0. The lowest BCUT2D eigenvalue weighted by Crippen LogP contribution is -2.11. The number of fused-ring (bicyclic) bond motifs is 1. The van der Waals surface area contributed by atoms with Gasteiger partial charge in [-0.25, -0.2) is 9.97 Å². The maximum Gasteiger partial charge on any atom is 0.137 e. The van der Waals surface area contributed by atoms with Crippen molar-refractivity contribution in [2.24, 2.45) is 0 Å². The number of rotatable bonds is 4. The molecule has 2 aromatic carbocycles. The third-order valence-electron chi connectivity index (χ3n) is 4.07. The van der Waals surface area contributed by atoms with Crippen LogP contribution in [0, 0.1) is 0 Å². The second kappa shape index (κ2) is 6.37. The van der Waals surface area contributed by atoms with Gasteiger partial charge in [-0.3, -0.25) is 0 Å². The summed E-state index contributed by atoms with van der Waals surface area (Å²) in [4.78, 5) is 8.65. The molecule has 1 N–H and O–H groups in total. The van der Waals surface area contributed by atoms with Crippen LogP contribution < -0.4 is 5.32 Å². The van der Waals surface area contributed by atoms with E-state index in [1.807, 2.05) is 18.2 Å². The van der Waals surface area contributed by atoms with Gasteiger partial charge < -0.3 is 5.32 Å². The van der Waals surface area contributed by atoms with Crippen LogP contribution in [0.4, 0.5) is 5.82 Å². The molecule has 0 aliphatic heterocycles. The highest BCUT2D eigenvalue weighted by molar-refractivity contribution is 5.88. The number of para-hydroxylation sites is 1. The first kappa shape index (κ1) is 15.5. The van der Waals surface area contributed by atoms with Crippen LogP contribution in [0.25, 0.3) is 10.9 Å². The Morgan fingerprint density at radius 1 is 0.913 bits per heavy atom. The Labute approximate surface area is 137 Å². The lowest BCUT2D eigenvalue weighted by Gasteiger charge is -2.19. The van der Waals surface area contributed by atoms with Gasteiger partial charge in [-0.2, -0.15) is 0 Å².